The van der Waals surface area contributed by atoms with Gasteiger partial charge >= 0.3 is 0 Å². The number of aromatic nitrogens is 2. The Bertz CT molecular complexity index is 319. The Kier molecular flexibility index (Phi) is 3.96. The number of nitrogens with zero attached hydrogens (tertiary/aromatic N) is 2. The third-order valence-corrected chi connectivity index (χ3v) is 1.17. The highest BCUT2D eigenvalue weighted by atomic mass is 16.5. The van der Waals surface area contributed by atoms with Gasteiger partial charge in [0.1, 0.15) is 6.29 Å². The molecule has 0 bridgehead atoms. The van der Waals surface area contributed by atoms with Gasteiger partial charge in [-0.15, -0.1) is 5.10 Å². The van der Waals surface area contributed by atoms with Gasteiger partial charge in [-0.3, -0.25) is 4.79 Å². The molecule has 0 fully saturated rings. The predicted octanol–water partition coefficient (Wildman–Crippen LogP) is 1.41. The fourth-order valence-electron chi connectivity index (χ4n) is 0.651. The molecule has 1 rings (SSSR count). The largest absolute Gasteiger partial charge is 0.339 e. The highest BCUT2D eigenvalue weighted by Gasteiger charge is 1.81. The first-order chi connectivity index (χ1) is 6.43. The normalized spacial score (nSPS) is 9.54. The molecule has 0 radical (unpaired) electrons. The summed E-state index contributed by atoms with van der Waals surface area (Å²) in [6.07, 6.45) is 4.98. The van der Waals surface area contributed by atoms with Gasteiger partial charge in [0.15, 0.2) is 5.76 Å². The maximum atomic E-state index is 10.0. The molecule has 0 amide bonds. The molecule has 0 aliphatic heterocycles. The van der Waals surface area contributed by atoms with Crippen LogP contribution in [0.5, 0.6) is 0 Å². The van der Waals surface area contributed by atoms with Crippen molar-refractivity contribution in [1.29, 1.82) is 0 Å². The summed E-state index contributed by atoms with van der Waals surface area (Å²) in [6, 6.07) is 6.93. The van der Waals surface area contributed by atoms with Crippen LogP contribution in [0.2, 0.25) is 0 Å². The van der Waals surface area contributed by atoms with Crippen LogP contribution in [0.1, 0.15) is 5.76 Å². The maximum absolute atomic E-state index is 10.0. The van der Waals surface area contributed by atoms with Crippen LogP contribution in [0.4, 0.5) is 0 Å². The molecule has 4 nitrogen and oxygen atoms in total. The van der Waals surface area contributed by atoms with Crippen LogP contribution in [-0.4, -0.2) is 16.7 Å². The molecule has 13 heavy (non-hydrogen) atoms. The van der Waals surface area contributed by atoms with E-state index in [9.17, 15) is 4.79 Å². The van der Waals surface area contributed by atoms with Crippen molar-refractivity contribution in [2.24, 2.45) is 0 Å². The Hall–Kier alpha value is -1.97. The Morgan fingerprint density at radius 1 is 1.31 bits per heavy atom. The van der Waals surface area contributed by atoms with Gasteiger partial charge in [-0.25, -0.2) is 0 Å². The molecule has 4 heteroatoms. The monoisotopic (exact) mass is 176 g/mol. The highest BCUT2D eigenvalue weighted by Crippen LogP contribution is 1.94. The molecule has 0 aliphatic rings. The van der Waals surface area contributed by atoms with E-state index in [2.05, 4.69) is 10.4 Å². The number of carbonyl (C=O) groups excluding carboxylic acids is 1. The highest BCUT2D eigenvalue weighted by molar-refractivity contribution is 5.72. The topological polar surface area (TPSA) is 56.0 Å². The minimum Gasteiger partial charge on any atom is -0.339 e. The van der Waals surface area contributed by atoms with Crippen molar-refractivity contribution in [3.05, 3.63) is 42.3 Å². The van der Waals surface area contributed by atoms with Gasteiger partial charge in [0.2, 0.25) is 0 Å². The van der Waals surface area contributed by atoms with Crippen molar-refractivity contribution in [2.75, 3.05) is 0 Å². The zero-order chi connectivity index (χ0) is 9.36. The number of hydrogen-bond acceptors (Lipinski definition) is 4. The summed E-state index contributed by atoms with van der Waals surface area (Å²) in [5.41, 5.74) is 0. The van der Waals surface area contributed by atoms with Gasteiger partial charge in [-0.2, -0.15) is 0 Å². The number of aldehydes is 1. The molecule has 1 heterocycles. The predicted molar refractivity (Wildman–Crippen MR) is 47.0 cm³/mol. The van der Waals surface area contributed by atoms with Crippen molar-refractivity contribution in [1.82, 2.24) is 10.4 Å². The first kappa shape index (κ1) is 9.12. The summed E-state index contributed by atoms with van der Waals surface area (Å²) in [5.74, 6) is 0.454. The molecular weight excluding hydrogens is 168 g/mol. The number of allylic oxidation sites excluding steroid dienone is 1. The molecule has 0 spiro atoms. The first-order valence-electron chi connectivity index (χ1n) is 3.66. The molecule has 1 aromatic rings. The van der Waals surface area contributed by atoms with Gasteiger partial charge in [-0.05, 0) is 24.3 Å². The van der Waals surface area contributed by atoms with Crippen LogP contribution in [0.15, 0.2) is 41.1 Å². The van der Waals surface area contributed by atoms with Crippen LogP contribution in [0.3, 0.4) is 0 Å². The van der Waals surface area contributed by atoms with Crippen molar-refractivity contribution in [2.45, 2.75) is 0 Å². The number of carbonyl (C=O) groups is 1. The Morgan fingerprint density at radius 2 is 2.23 bits per heavy atom. The van der Waals surface area contributed by atoms with Crippen LogP contribution in [0, 0.1) is 0 Å². The second-order valence-corrected chi connectivity index (χ2v) is 2.08. The molecular formula is C9H8N2O2. The summed E-state index contributed by atoms with van der Waals surface area (Å²) in [5, 5.41) is 6.94. The Labute approximate surface area is 75.2 Å². The van der Waals surface area contributed by atoms with Crippen molar-refractivity contribution >= 4 is 12.4 Å². The van der Waals surface area contributed by atoms with E-state index in [-0.39, 0.29) is 0 Å². The molecule has 0 saturated carbocycles. The zero-order valence-corrected chi connectivity index (χ0v) is 6.83. The van der Waals surface area contributed by atoms with Crippen LogP contribution < -0.4 is 0 Å². The first-order valence-corrected chi connectivity index (χ1v) is 3.66. The summed E-state index contributed by atoms with van der Waals surface area (Å²) in [6.45, 7) is 0. The third kappa shape index (κ3) is 3.81. The molecule has 0 saturated heterocycles. The third-order valence-electron chi connectivity index (χ3n) is 1.17. The summed E-state index contributed by atoms with van der Waals surface area (Å²) < 4.78 is 4.84. The lowest BCUT2D eigenvalue weighted by atomic mass is 10.4. The summed E-state index contributed by atoms with van der Waals surface area (Å²) in [4.78, 5) is 10.0. The van der Waals surface area contributed by atoms with Crippen molar-refractivity contribution in [3.8, 4) is 0 Å². The van der Waals surface area contributed by atoms with Crippen molar-refractivity contribution in [3.63, 3.8) is 0 Å². The van der Waals surface area contributed by atoms with Crippen LogP contribution in [0.25, 0.3) is 6.08 Å². The SMILES string of the molecule is O=CC=Cc1cccccnno1. The Morgan fingerprint density at radius 3 is 3.08 bits per heavy atom. The van der Waals surface area contributed by atoms with E-state index in [1.54, 1.807) is 24.3 Å². The quantitative estimate of drug-likeness (QED) is 0.505. The van der Waals surface area contributed by atoms with E-state index < -0.39 is 0 Å². The molecule has 0 unspecified atom stereocenters. The van der Waals surface area contributed by atoms with Crippen LogP contribution >= 0.6 is 0 Å². The van der Waals surface area contributed by atoms with E-state index in [0.29, 0.717) is 12.0 Å². The van der Waals surface area contributed by atoms with E-state index in [1.807, 2.05) is 0 Å². The average Bonchev–Trinajstić information content (AvgIpc) is 2.28. The number of rotatable bonds is 2. The van der Waals surface area contributed by atoms with E-state index in [4.69, 9.17) is 4.52 Å². The molecule has 1 aromatic heterocycles. The van der Waals surface area contributed by atoms with Gasteiger partial charge < -0.3 is 4.52 Å². The molecule has 0 aromatic carbocycles. The zero-order valence-electron chi connectivity index (χ0n) is 6.83. The summed E-state index contributed by atoms with van der Waals surface area (Å²) in [7, 11) is 0. The number of hydrogen-bond donors (Lipinski definition) is 0. The molecule has 0 N–H and O–H groups in total. The summed E-state index contributed by atoms with van der Waals surface area (Å²) >= 11 is 0. The van der Waals surface area contributed by atoms with E-state index in [0.717, 1.165) is 0 Å². The van der Waals surface area contributed by atoms with Crippen molar-refractivity contribution < 1.29 is 9.32 Å². The fourth-order valence-corrected chi connectivity index (χ4v) is 0.651. The fraction of sp³-hybridized carbons (Fsp3) is 0. The minimum atomic E-state index is 0.454. The second-order valence-electron chi connectivity index (χ2n) is 2.08. The van der Waals surface area contributed by atoms with Gasteiger partial charge in [0, 0.05) is 5.27 Å². The van der Waals surface area contributed by atoms with Gasteiger partial charge in [0.05, 0.1) is 6.20 Å². The average molecular weight is 176 g/mol. The molecule has 66 valence electrons. The van der Waals surface area contributed by atoms with E-state index in [1.165, 1.54) is 18.3 Å². The lowest BCUT2D eigenvalue weighted by Crippen LogP contribution is -1.72. The standard InChI is InChI=1S/C9H8N2O2/c12-8-4-6-9-5-2-1-3-7-10-11-13-9/h1-8H. The van der Waals surface area contributed by atoms with Gasteiger partial charge in [0.25, 0.3) is 0 Å². The molecule has 0 aliphatic carbocycles. The molecule has 0 atom stereocenters. The second kappa shape index (κ2) is 5.65. The lowest BCUT2D eigenvalue weighted by Gasteiger charge is -1.80. The van der Waals surface area contributed by atoms with E-state index >= 15 is 0 Å². The lowest BCUT2D eigenvalue weighted by molar-refractivity contribution is -0.104. The van der Waals surface area contributed by atoms with Gasteiger partial charge in [-0.1, -0.05) is 12.1 Å². The van der Waals surface area contributed by atoms with Crippen LogP contribution in [-0.2, 0) is 4.79 Å². The maximum Gasteiger partial charge on any atom is 0.160 e. The minimum absolute atomic E-state index is 0.454. The Balaban J connectivity index is 3.03. The smallest absolute Gasteiger partial charge is 0.160 e.